The van der Waals surface area contributed by atoms with Crippen LogP contribution in [0, 0.1) is 5.82 Å². The Kier molecular flexibility index (Phi) is 4.78. The Labute approximate surface area is 123 Å². The van der Waals surface area contributed by atoms with Gasteiger partial charge >= 0.3 is 0 Å². The van der Waals surface area contributed by atoms with Gasteiger partial charge in [0.05, 0.1) is 8.81 Å². The van der Waals surface area contributed by atoms with Crippen LogP contribution in [-0.2, 0) is 6.42 Å². The maximum Gasteiger partial charge on any atom is 0.137 e. The molecule has 96 valence electrons. The standard InChI is InChI=1S/C13H12BrClFNS/c1-17-12(7-9-3-5-13(15)18-9)8-2-4-10(14)11(16)6-8/h2-6,12,17H,7H2,1H3. The lowest BCUT2D eigenvalue weighted by Crippen LogP contribution is -2.18. The summed E-state index contributed by atoms with van der Waals surface area (Å²) in [5.74, 6) is -0.239. The molecule has 0 aliphatic carbocycles. The first-order chi connectivity index (χ1) is 8.60. The molecule has 18 heavy (non-hydrogen) atoms. The molecule has 1 heterocycles. The van der Waals surface area contributed by atoms with Crippen molar-refractivity contribution in [1.82, 2.24) is 5.32 Å². The summed E-state index contributed by atoms with van der Waals surface area (Å²) in [6.45, 7) is 0. The van der Waals surface area contributed by atoms with Crippen molar-refractivity contribution in [3.63, 3.8) is 0 Å². The van der Waals surface area contributed by atoms with Crippen molar-refractivity contribution in [2.24, 2.45) is 0 Å². The largest absolute Gasteiger partial charge is 0.313 e. The van der Waals surface area contributed by atoms with Gasteiger partial charge in [-0.15, -0.1) is 11.3 Å². The number of hydrogen-bond donors (Lipinski definition) is 1. The average Bonchev–Trinajstić information content (AvgIpc) is 2.75. The van der Waals surface area contributed by atoms with E-state index in [0.717, 1.165) is 16.3 Å². The van der Waals surface area contributed by atoms with Crippen LogP contribution in [0.2, 0.25) is 4.34 Å². The third-order valence-electron chi connectivity index (χ3n) is 2.73. The van der Waals surface area contributed by atoms with E-state index >= 15 is 0 Å². The highest BCUT2D eigenvalue weighted by atomic mass is 79.9. The molecule has 1 atom stereocenters. The van der Waals surface area contributed by atoms with Crippen molar-refractivity contribution in [3.05, 3.63) is 55.4 Å². The van der Waals surface area contributed by atoms with Crippen LogP contribution in [0.15, 0.2) is 34.8 Å². The molecule has 0 amide bonds. The zero-order chi connectivity index (χ0) is 13.1. The summed E-state index contributed by atoms with van der Waals surface area (Å²) >= 11 is 10.6. The summed E-state index contributed by atoms with van der Waals surface area (Å²) in [5.41, 5.74) is 0.933. The first kappa shape index (κ1) is 14.0. The SMILES string of the molecule is CNC(Cc1ccc(Cl)s1)c1ccc(Br)c(F)c1. The van der Waals surface area contributed by atoms with Crippen LogP contribution in [0.5, 0.6) is 0 Å². The van der Waals surface area contributed by atoms with E-state index in [9.17, 15) is 4.39 Å². The zero-order valence-electron chi connectivity index (χ0n) is 9.71. The van der Waals surface area contributed by atoms with Crippen LogP contribution in [-0.4, -0.2) is 7.05 Å². The summed E-state index contributed by atoms with van der Waals surface area (Å²) in [6.07, 6.45) is 0.801. The van der Waals surface area contributed by atoms with Crippen molar-refractivity contribution >= 4 is 38.9 Å². The van der Waals surface area contributed by atoms with Crippen molar-refractivity contribution < 1.29 is 4.39 Å². The summed E-state index contributed by atoms with van der Waals surface area (Å²) in [4.78, 5) is 1.18. The lowest BCUT2D eigenvalue weighted by molar-refractivity contribution is 0.578. The monoisotopic (exact) mass is 347 g/mol. The van der Waals surface area contributed by atoms with Crippen LogP contribution in [0.25, 0.3) is 0 Å². The number of rotatable bonds is 4. The van der Waals surface area contributed by atoms with E-state index in [4.69, 9.17) is 11.6 Å². The second-order valence-corrected chi connectivity index (χ2v) is 6.58. The molecule has 1 unspecified atom stereocenters. The van der Waals surface area contributed by atoms with Crippen molar-refractivity contribution in [2.45, 2.75) is 12.5 Å². The highest BCUT2D eigenvalue weighted by molar-refractivity contribution is 9.10. The first-order valence-electron chi connectivity index (χ1n) is 5.46. The van der Waals surface area contributed by atoms with Crippen LogP contribution in [0.4, 0.5) is 4.39 Å². The fourth-order valence-electron chi connectivity index (χ4n) is 1.78. The Balaban J connectivity index is 2.19. The molecule has 0 aliphatic heterocycles. The molecule has 1 aromatic heterocycles. The second kappa shape index (κ2) is 6.15. The maximum absolute atomic E-state index is 13.5. The molecule has 2 rings (SSSR count). The number of halogens is 3. The van der Waals surface area contributed by atoms with Crippen LogP contribution in [0.1, 0.15) is 16.5 Å². The predicted molar refractivity (Wildman–Crippen MR) is 78.9 cm³/mol. The Bertz CT molecular complexity index is 544. The zero-order valence-corrected chi connectivity index (χ0v) is 12.9. The summed E-state index contributed by atoms with van der Waals surface area (Å²) in [6, 6.07) is 9.19. The highest BCUT2D eigenvalue weighted by Crippen LogP contribution is 2.27. The van der Waals surface area contributed by atoms with Gasteiger partial charge in [-0.1, -0.05) is 17.7 Å². The van der Waals surface area contributed by atoms with Crippen molar-refractivity contribution in [3.8, 4) is 0 Å². The van der Waals surface area contributed by atoms with E-state index in [2.05, 4.69) is 21.2 Å². The van der Waals surface area contributed by atoms with Gasteiger partial charge < -0.3 is 5.32 Å². The van der Waals surface area contributed by atoms with Gasteiger partial charge in [-0.25, -0.2) is 4.39 Å². The van der Waals surface area contributed by atoms with E-state index in [1.807, 2.05) is 25.2 Å². The summed E-state index contributed by atoms with van der Waals surface area (Å²) < 4.78 is 14.8. The molecule has 0 fully saturated rings. The van der Waals surface area contributed by atoms with E-state index < -0.39 is 0 Å². The van der Waals surface area contributed by atoms with Crippen molar-refractivity contribution in [2.75, 3.05) is 7.05 Å². The van der Waals surface area contributed by atoms with Crippen molar-refractivity contribution in [1.29, 1.82) is 0 Å². The molecular formula is C13H12BrClFNS. The van der Waals surface area contributed by atoms with Gasteiger partial charge in [0.1, 0.15) is 5.82 Å². The van der Waals surface area contributed by atoms with Gasteiger partial charge in [0.2, 0.25) is 0 Å². The van der Waals surface area contributed by atoms with E-state index in [0.29, 0.717) is 4.47 Å². The molecule has 1 aromatic carbocycles. The smallest absolute Gasteiger partial charge is 0.137 e. The first-order valence-corrected chi connectivity index (χ1v) is 7.45. The lowest BCUT2D eigenvalue weighted by atomic mass is 10.0. The molecule has 1 N–H and O–H groups in total. The Morgan fingerprint density at radius 2 is 2.17 bits per heavy atom. The van der Waals surface area contributed by atoms with Gasteiger partial charge in [0.25, 0.3) is 0 Å². The second-order valence-electron chi connectivity index (χ2n) is 3.92. The third kappa shape index (κ3) is 3.32. The fraction of sp³-hybridized carbons (Fsp3) is 0.231. The van der Waals surface area contributed by atoms with Gasteiger partial charge in [-0.2, -0.15) is 0 Å². The topological polar surface area (TPSA) is 12.0 Å². The summed E-state index contributed by atoms with van der Waals surface area (Å²) in [7, 11) is 1.87. The minimum absolute atomic E-state index is 0.0855. The van der Waals surface area contributed by atoms with E-state index in [-0.39, 0.29) is 11.9 Å². The van der Waals surface area contributed by atoms with Gasteiger partial charge in [-0.05, 0) is 52.8 Å². The van der Waals surface area contributed by atoms with Gasteiger partial charge in [-0.3, -0.25) is 0 Å². The van der Waals surface area contributed by atoms with Crippen LogP contribution < -0.4 is 5.32 Å². The molecule has 1 nitrogen and oxygen atoms in total. The normalized spacial score (nSPS) is 12.7. The Morgan fingerprint density at radius 1 is 1.39 bits per heavy atom. The predicted octanol–water partition coefficient (Wildman–Crippen LogP) is 4.81. The van der Waals surface area contributed by atoms with E-state index in [1.54, 1.807) is 23.5 Å². The molecular weight excluding hydrogens is 337 g/mol. The number of likely N-dealkylation sites (N-methyl/N-ethyl adjacent to an activating group) is 1. The third-order valence-corrected chi connectivity index (χ3v) is 4.63. The molecule has 2 aromatic rings. The molecule has 0 radical (unpaired) electrons. The van der Waals surface area contributed by atoms with Gasteiger partial charge in [0.15, 0.2) is 0 Å². The Hall–Kier alpha value is -0.420. The molecule has 0 aliphatic rings. The average molecular weight is 349 g/mol. The molecule has 5 heteroatoms. The maximum atomic E-state index is 13.5. The lowest BCUT2D eigenvalue weighted by Gasteiger charge is -2.16. The Morgan fingerprint density at radius 3 is 2.72 bits per heavy atom. The van der Waals surface area contributed by atoms with E-state index in [1.165, 1.54) is 4.88 Å². The highest BCUT2D eigenvalue weighted by Gasteiger charge is 2.13. The number of thiophene rings is 1. The molecule has 0 bridgehead atoms. The summed E-state index contributed by atoms with van der Waals surface area (Å²) in [5, 5.41) is 3.20. The molecule has 0 saturated carbocycles. The van der Waals surface area contributed by atoms with Crippen LogP contribution in [0.3, 0.4) is 0 Å². The van der Waals surface area contributed by atoms with Gasteiger partial charge in [0, 0.05) is 17.3 Å². The molecule has 0 saturated heterocycles. The number of benzene rings is 1. The quantitative estimate of drug-likeness (QED) is 0.836. The minimum atomic E-state index is -0.239. The minimum Gasteiger partial charge on any atom is -0.313 e. The van der Waals surface area contributed by atoms with Crippen LogP contribution >= 0.6 is 38.9 Å². The number of nitrogens with one attached hydrogen (secondary N) is 1. The fourth-order valence-corrected chi connectivity index (χ4v) is 3.16. The number of hydrogen-bond acceptors (Lipinski definition) is 2. The molecule has 0 spiro atoms.